The molecule has 26 heavy (non-hydrogen) atoms. The van der Waals surface area contributed by atoms with Crippen LogP contribution in [0.2, 0.25) is 5.02 Å². The van der Waals surface area contributed by atoms with Gasteiger partial charge in [-0.2, -0.15) is 0 Å². The lowest BCUT2D eigenvalue weighted by molar-refractivity contribution is -0.144. The van der Waals surface area contributed by atoms with Gasteiger partial charge >= 0.3 is 12.1 Å². The molecule has 1 amide bonds. The quantitative estimate of drug-likeness (QED) is 0.590. The van der Waals surface area contributed by atoms with Crippen LogP contribution in [0.5, 0.6) is 0 Å². The average Bonchev–Trinajstić information content (AvgIpc) is 2.55. The normalized spacial score (nSPS) is 13.6. The van der Waals surface area contributed by atoms with Crippen LogP contribution in [0.3, 0.4) is 0 Å². The first-order valence-electron chi connectivity index (χ1n) is 8.30. The van der Waals surface area contributed by atoms with E-state index in [9.17, 15) is 14.7 Å². The minimum absolute atomic E-state index is 0.238. The highest BCUT2D eigenvalue weighted by Crippen LogP contribution is 2.12. The number of amides is 1. The van der Waals surface area contributed by atoms with Gasteiger partial charge in [0, 0.05) is 17.6 Å². The molecule has 0 heterocycles. The fourth-order valence-electron chi connectivity index (χ4n) is 2.20. The SMILES string of the molecule is COC(=O)C(CO)NCC(Cc1ccc(Cl)cc1)NC(=O)OC(C)(C)C. The molecule has 0 fully saturated rings. The molecule has 1 aromatic rings. The van der Waals surface area contributed by atoms with Crippen LogP contribution in [-0.2, 0) is 20.7 Å². The Kier molecular flexibility index (Phi) is 8.84. The summed E-state index contributed by atoms with van der Waals surface area (Å²) in [4.78, 5) is 23.7. The molecule has 0 saturated carbocycles. The lowest BCUT2D eigenvalue weighted by atomic mass is 10.1. The number of esters is 1. The molecule has 0 saturated heterocycles. The number of rotatable bonds is 8. The van der Waals surface area contributed by atoms with Crippen molar-refractivity contribution in [2.45, 2.75) is 44.9 Å². The Hall–Kier alpha value is -1.83. The van der Waals surface area contributed by atoms with Gasteiger partial charge in [0.2, 0.25) is 0 Å². The predicted octanol–water partition coefficient (Wildman–Crippen LogP) is 1.90. The molecule has 0 aliphatic heterocycles. The van der Waals surface area contributed by atoms with Crippen molar-refractivity contribution in [2.24, 2.45) is 0 Å². The summed E-state index contributed by atoms with van der Waals surface area (Å²) < 4.78 is 9.91. The van der Waals surface area contributed by atoms with Gasteiger partial charge in [-0.3, -0.25) is 4.79 Å². The first-order chi connectivity index (χ1) is 12.1. The minimum atomic E-state index is -0.867. The summed E-state index contributed by atoms with van der Waals surface area (Å²) in [5.41, 5.74) is 0.331. The van der Waals surface area contributed by atoms with Gasteiger partial charge < -0.3 is 25.2 Å². The van der Waals surface area contributed by atoms with Crippen molar-refractivity contribution < 1.29 is 24.2 Å². The smallest absolute Gasteiger partial charge is 0.407 e. The van der Waals surface area contributed by atoms with Gasteiger partial charge in [-0.1, -0.05) is 23.7 Å². The molecule has 0 bridgehead atoms. The van der Waals surface area contributed by atoms with E-state index in [2.05, 4.69) is 15.4 Å². The predicted molar refractivity (Wildman–Crippen MR) is 99.2 cm³/mol. The Morgan fingerprint density at radius 3 is 2.35 bits per heavy atom. The van der Waals surface area contributed by atoms with Gasteiger partial charge in [-0.05, 0) is 44.9 Å². The van der Waals surface area contributed by atoms with Gasteiger partial charge in [0.15, 0.2) is 0 Å². The standard InChI is InChI=1S/C18H27ClN2O5/c1-18(2,3)26-17(24)21-14(9-12-5-7-13(19)8-6-12)10-20-15(11-22)16(23)25-4/h5-8,14-15,20,22H,9-11H2,1-4H3,(H,21,24). The van der Waals surface area contributed by atoms with Crippen LogP contribution < -0.4 is 10.6 Å². The molecule has 2 atom stereocenters. The molecule has 0 aliphatic carbocycles. The van der Waals surface area contributed by atoms with Crippen LogP contribution in [-0.4, -0.2) is 55.1 Å². The Morgan fingerprint density at radius 1 is 1.23 bits per heavy atom. The van der Waals surface area contributed by atoms with Crippen molar-refractivity contribution in [2.75, 3.05) is 20.3 Å². The van der Waals surface area contributed by atoms with E-state index >= 15 is 0 Å². The van der Waals surface area contributed by atoms with Gasteiger partial charge in [0.05, 0.1) is 13.7 Å². The van der Waals surface area contributed by atoms with Gasteiger partial charge in [-0.25, -0.2) is 4.79 Å². The fraction of sp³-hybridized carbons (Fsp3) is 0.556. The molecule has 7 nitrogen and oxygen atoms in total. The van der Waals surface area contributed by atoms with E-state index in [0.29, 0.717) is 11.4 Å². The summed E-state index contributed by atoms with van der Waals surface area (Å²) in [7, 11) is 1.25. The number of aliphatic hydroxyl groups excluding tert-OH is 1. The largest absolute Gasteiger partial charge is 0.468 e. The number of halogens is 1. The zero-order valence-electron chi connectivity index (χ0n) is 15.5. The summed E-state index contributed by atoms with van der Waals surface area (Å²) in [5.74, 6) is -0.574. The van der Waals surface area contributed by atoms with Crippen molar-refractivity contribution in [3.8, 4) is 0 Å². The first kappa shape index (κ1) is 22.2. The zero-order chi connectivity index (χ0) is 19.7. The Bertz CT molecular complexity index is 586. The van der Waals surface area contributed by atoms with Gasteiger partial charge in [0.1, 0.15) is 11.6 Å². The lowest BCUT2D eigenvalue weighted by Gasteiger charge is -2.25. The second-order valence-corrected chi connectivity index (χ2v) is 7.28. The molecule has 2 unspecified atom stereocenters. The second-order valence-electron chi connectivity index (χ2n) is 6.84. The summed E-state index contributed by atoms with van der Waals surface area (Å²) in [6.45, 7) is 5.16. The average molecular weight is 387 g/mol. The van der Waals surface area contributed by atoms with E-state index in [0.717, 1.165) is 5.56 Å². The highest BCUT2D eigenvalue weighted by molar-refractivity contribution is 6.30. The minimum Gasteiger partial charge on any atom is -0.468 e. The number of benzene rings is 1. The number of carbonyl (C=O) groups is 2. The van der Waals surface area contributed by atoms with Crippen molar-refractivity contribution in [1.82, 2.24) is 10.6 Å². The number of hydrogen-bond acceptors (Lipinski definition) is 6. The second kappa shape index (κ2) is 10.4. The molecule has 1 aromatic carbocycles. The van der Waals surface area contributed by atoms with E-state index in [1.54, 1.807) is 32.9 Å². The number of carbonyl (C=O) groups excluding carboxylic acids is 2. The van der Waals surface area contributed by atoms with Crippen molar-refractivity contribution >= 4 is 23.7 Å². The first-order valence-corrected chi connectivity index (χ1v) is 8.68. The maximum atomic E-state index is 12.1. The molecular weight excluding hydrogens is 360 g/mol. The third-order valence-electron chi connectivity index (χ3n) is 3.40. The summed E-state index contributed by atoms with van der Waals surface area (Å²) in [5, 5.41) is 15.6. The van der Waals surface area contributed by atoms with Crippen LogP contribution in [0.15, 0.2) is 24.3 Å². The topological polar surface area (TPSA) is 96.9 Å². The van der Waals surface area contributed by atoms with E-state index in [1.807, 2.05) is 12.1 Å². The fourth-order valence-corrected chi connectivity index (χ4v) is 2.33. The van der Waals surface area contributed by atoms with Gasteiger partial charge in [0.25, 0.3) is 0 Å². The molecule has 0 aromatic heterocycles. The summed E-state index contributed by atoms with van der Waals surface area (Å²) in [6.07, 6.45) is -0.0696. The van der Waals surface area contributed by atoms with Gasteiger partial charge in [-0.15, -0.1) is 0 Å². The van der Waals surface area contributed by atoms with E-state index < -0.39 is 30.3 Å². The third-order valence-corrected chi connectivity index (χ3v) is 3.65. The van der Waals surface area contributed by atoms with Crippen LogP contribution >= 0.6 is 11.6 Å². The Balaban J connectivity index is 2.78. The molecule has 8 heteroatoms. The van der Waals surface area contributed by atoms with E-state index in [-0.39, 0.29) is 12.6 Å². The molecule has 0 spiro atoms. The molecule has 0 radical (unpaired) electrons. The monoisotopic (exact) mass is 386 g/mol. The molecule has 3 N–H and O–H groups in total. The molecular formula is C18H27ClN2O5. The zero-order valence-corrected chi connectivity index (χ0v) is 16.3. The van der Waals surface area contributed by atoms with Crippen molar-refractivity contribution in [3.63, 3.8) is 0 Å². The number of aliphatic hydroxyl groups is 1. The van der Waals surface area contributed by atoms with Crippen LogP contribution in [0.25, 0.3) is 0 Å². The molecule has 0 aliphatic rings. The highest BCUT2D eigenvalue weighted by Gasteiger charge is 2.23. The van der Waals surface area contributed by atoms with Crippen LogP contribution in [0.1, 0.15) is 26.3 Å². The summed E-state index contributed by atoms with van der Waals surface area (Å²) in [6, 6.07) is 6.00. The Morgan fingerprint density at radius 2 is 1.85 bits per heavy atom. The van der Waals surface area contributed by atoms with Crippen LogP contribution in [0, 0.1) is 0 Å². The number of nitrogens with one attached hydrogen (secondary N) is 2. The number of ether oxygens (including phenoxy) is 2. The van der Waals surface area contributed by atoms with E-state index in [4.69, 9.17) is 16.3 Å². The lowest BCUT2D eigenvalue weighted by Crippen LogP contribution is -2.50. The van der Waals surface area contributed by atoms with Crippen molar-refractivity contribution in [3.05, 3.63) is 34.9 Å². The number of hydrogen-bond donors (Lipinski definition) is 3. The molecule has 146 valence electrons. The third kappa shape index (κ3) is 8.51. The Labute approximate surface area is 159 Å². The van der Waals surface area contributed by atoms with Crippen molar-refractivity contribution in [1.29, 1.82) is 0 Å². The number of methoxy groups -OCH3 is 1. The number of alkyl carbamates (subject to hydrolysis) is 1. The maximum Gasteiger partial charge on any atom is 0.407 e. The maximum absolute atomic E-state index is 12.1. The highest BCUT2D eigenvalue weighted by atomic mass is 35.5. The van der Waals surface area contributed by atoms with Crippen LogP contribution in [0.4, 0.5) is 4.79 Å². The van der Waals surface area contributed by atoms with E-state index in [1.165, 1.54) is 7.11 Å². The summed E-state index contributed by atoms with van der Waals surface area (Å²) >= 11 is 5.90. The molecule has 1 rings (SSSR count).